The Kier molecular flexibility index (Phi) is 5.32. The number of methoxy groups -OCH3 is 1. The third-order valence-corrected chi connectivity index (χ3v) is 5.87. The Morgan fingerprint density at radius 2 is 2.10 bits per heavy atom. The summed E-state index contributed by atoms with van der Waals surface area (Å²) in [7, 11) is 1.68. The molecule has 0 radical (unpaired) electrons. The third kappa shape index (κ3) is 3.76. The maximum atomic E-state index is 5.74. The molecule has 0 spiro atoms. The lowest BCUT2D eigenvalue weighted by Gasteiger charge is -2.35. The first-order chi connectivity index (χ1) is 14.7. The van der Waals surface area contributed by atoms with Gasteiger partial charge in [-0.2, -0.15) is 10.1 Å². The first-order valence-corrected chi connectivity index (χ1v) is 10.6. The highest BCUT2D eigenvalue weighted by molar-refractivity contribution is 9.10. The van der Waals surface area contributed by atoms with Gasteiger partial charge < -0.3 is 14.8 Å². The van der Waals surface area contributed by atoms with Crippen LogP contribution in [0.4, 0.5) is 5.95 Å². The Labute approximate surface area is 181 Å². The molecule has 0 amide bonds. The molecule has 154 valence electrons. The average molecular weight is 469 g/mol. The number of hydrogen-bond acceptors (Lipinski definition) is 7. The zero-order valence-electron chi connectivity index (χ0n) is 16.5. The molecule has 1 fully saturated rings. The molecule has 0 aliphatic heterocycles. The van der Waals surface area contributed by atoms with E-state index in [1.165, 1.54) is 0 Å². The number of pyridine rings is 1. The van der Waals surface area contributed by atoms with Gasteiger partial charge in [-0.3, -0.25) is 4.98 Å². The summed E-state index contributed by atoms with van der Waals surface area (Å²) >= 11 is 3.53. The van der Waals surface area contributed by atoms with E-state index >= 15 is 0 Å². The van der Waals surface area contributed by atoms with Crippen molar-refractivity contribution in [1.29, 1.82) is 0 Å². The minimum absolute atomic E-state index is 0.271. The second-order valence-corrected chi connectivity index (χ2v) is 8.06. The maximum Gasteiger partial charge on any atom is 0.224 e. The zero-order chi connectivity index (χ0) is 20.5. The van der Waals surface area contributed by atoms with Gasteiger partial charge in [0.1, 0.15) is 4.60 Å². The van der Waals surface area contributed by atoms with Crippen molar-refractivity contribution in [2.45, 2.75) is 25.0 Å². The first-order valence-electron chi connectivity index (χ1n) is 9.85. The van der Waals surface area contributed by atoms with E-state index in [9.17, 15) is 0 Å². The maximum absolute atomic E-state index is 5.74. The van der Waals surface area contributed by atoms with E-state index in [2.05, 4.69) is 42.4 Å². The smallest absolute Gasteiger partial charge is 0.224 e. The molecule has 1 aromatic carbocycles. The molecule has 1 N–H and O–H groups in total. The van der Waals surface area contributed by atoms with Gasteiger partial charge in [0.05, 0.1) is 35.9 Å². The third-order valence-electron chi connectivity index (χ3n) is 5.28. The first kappa shape index (κ1) is 19.3. The fourth-order valence-corrected chi connectivity index (χ4v) is 4.05. The van der Waals surface area contributed by atoms with Gasteiger partial charge in [0.2, 0.25) is 5.95 Å². The number of aromatic nitrogens is 5. The van der Waals surface area contributed by atoms with Crippen LogP contribution in [0, 0.1) is 0 Å². The molecule has 0 unspecified atom stereocenters. The molecule has 0 atom stereocenters. The van der Waals surface area contributed by atoms with Crippen molar-refractivity contribution in [2.75, 3.05) is 25.6 Å². The van der Waals surface area contributed by atoms with Crippen LogP contribution in [0.1, 0.15) is 12.8 Å². The van der Waals surface area contributed by atoms with Gasteiger partial charge in [0, 0.05) is 30.9 Å². The summed E-state index contributed by atoms with van der Waals surface area (Å²) < 4.78 is 13.3. The fraction of sp³-hybridized carbons (Fsp3) is 0.333. The van der Waals surface area contributed by atoms with Crippen LogP contribution in [0.25, 0.3) is 27.6 Å². The quantitative estimate of drug-likeness (QED) is 0.413. The molecule has 3 aromatic heterocycles. The number of benzene rings is 1. The van der Waals surface area contributed by atoms with Crippen LogP contribution in [0.2, 0.25) is 0 Å². The lowest BCUT2D eigenvalue weighted by molar-refractivity contribution is -0.0261. The number of rotatable bonds is 7. The molecule has 1 saturated carbocycles. The van der Waals surface area contributed by atoms with Crippen molar-refractivity contribution in [3.05, 3.63) is 47.3 Å². The number of hydrogen-bond donors (Lipinski definition) is 1. The van der Waals surface area contributed by atoms with Crippen molar-refractivity contribution >= 4 is 43.8 Å². The van der Waals surface area contributed by atoms with Crippen LogP contribution in [0.5, 0.6) is 0 Å². The fourth-order valence-electron chi connectivity index (χ4n) is 3.61. The molecule has 9 heteroatoms. The highest BCUT2D eigenvalue weighted by Crippen LogP contribution is 2.29. The number of fused-ring (bicyclic) bond motifs is 2. The summed E-state index contributed by atoms with van der Waals surface area (Å²) in [4.78, 5) is 13.6. The second-order valence-electron chi connectivity index (χ2n) is 7.31. The van der Waals surface area contributed by atoms with Crippen molar-refractivity contribution in [3.8, 4) is 5.69 Å². The summed E-state index contributed by atoms with van der Waals surface area (Å²) in [6.45, 7) is 1.25. The van der Waals surface area contributed by atoms with E-state index < -0.39 is 0 Å². The number of anilines is 1. The minimum atomic E-state index is 0.271. The van der Waals surface area contributed by atoms with Crippen LogP contribution >= 0.6 is 15.9 Å². The molecular weight excluding hydrogens is 448 g/mol. The predicted molar refractivity (Wildman–Crippen MR) is 118 cm³/mol. The molecular formula is C21H21BrN6O2. The van der Waals surface area contributed by atoms with E-state index in [1.54, 1.807) is 19.5 Å². The van der Waals surface area contributed by atoms with Crippen molar-refractivity contribution in [1.82, 2.24) is 24.7 Å². The summed E-state index contributed by atoms with van der Waals surface area (Å²) in [5.74, 6) is 0.596. The highest BCUT2D eigenvalue weighted by atomic mass is 79.9. The predicted octanol–water partition coefficient (Wildman–Crippen LogP) is 3.73. The number of nitrogens with zero attached hydrogens (tertiary/aromatic N) is 5. The van der Waals surface area contributed by atoms with Crippen molar-refractivity contribution in [2.24, 2.45) is 0 Å². The van der Waals surface area contributed by atoms with E-state index in [0.717, 1.165) is 40.5 Å². The normalized spacial score (nSPS) is 18.6. The standard InChI is InChI=1S/C21H21BrN6O2/c1-29-7-8-30-16-10-14(11-16)25-21-24-12-17-19(22)27-28(20(17)26-21)15-4-5-18-13(9-15)3-2-6-23-18/h2-6,9,12,14,16H,7-8,10-11H2,1H3,(H,24,25,26)/t14-,16-. The number of halogens is 1. The SMILES string of the molecule is COCCO[C@H]1C[C@H](Nc2ncc3c(Br)nn(-c4ccc5ncccc5c4)c3n2)C1. The molecule has 0 saturated heterocycles. The molecule has 0 bridgehead atoms. The summed E-state index contributed by atoms with van der Waals surface area (Å²) in [6.07, 6.45) is 5.73. The van der Waals surface area contributed by atoms with Crippen LogP contribution in [-0.4, -0.2) is 57.2 Å². The van der Waals surface area contributed by atoms with Gasteiger partial charge in [-0.05, 0) is 53.0 Å². The van der Waals surface area contributed by atoms with Crippen LogP contribution in [0.3, 0.4) is 0 Å². The van der Waals surface area contributed by atoms with E-state index in [0.29, 0.717) is 29.8 Å². The van der Waals surface area contributed by atoms with E-state index in [4.69, 9.17) is 14.5 Å². The van der Waals surface area contributed by atoms with Gasteiger partial charge in [-0.1, -0.05) is 6.07 Å². The van der Waals surface area contributed by atoms with Crippen molar-refractivity contribution < 1.29 is 9.47 Å². The molecule has 1 aliphatic rings. The largest absolute Gasteiger partial charge is 0.382 e. The van der Waals surface area contributed by atoms with Crippen LogP contribution in [0.15, 0.2) is 47.3 Å². The molecule has 5 rings (SSSR count). The van der Waals surface area contributed by atoms with Gasteiger partial charge in [0.15, 0.2) is 5.65 Å². The van der Waals surface area contributed by atoms with Crippen LogP contribution < -0.4 is 5.32 Å². The van der Waals surface area contributed by atoms with Gasteiger partial charge in [-0.25, -0.2) is 9.67 Å². The average Bonchev–Trinajstić information content (AvgIpc) is 3.07. The molecule has 8 nitrogen and oxygen atoms in total. The molecule has 1 aliphatic carbocycles. The number of ether oxygens (including phenoxy) is 2. The minimum Gasteiger partial charge on any atom is -0.382 e. The Bertz CT molecular complexity index is 1190. The lowest BCUT2D eigenvalue weighted by atomic mass is 9.89. The van der Waals surface area contributed by atoms with E-state index in [-0.39, 0.29) is 6.10 Å². The lowest BCUT2D eigenvalue weighted by Crippen LogP contribution is -2.41. The summed E-state index contributed by atoms with van der Waals surface area (Å²) in [6, 6.07) is 10.3. The molecule has 4 aromatic rings. The van der Waals surface area contributed by atoms with Crippen LogP contribution in [-0.2, 0) is 9.47 Å². The van der Waals surface area contributed by atoms with Gasteiger partial charge >= 0.3 is 0 Å². The number of nitrogens with one attached hydrogen (secondary N) is 1. The molecule has 30 heavy (non-hydrogen) atoms. The second kappa shape index (κ2) is 8.25. The monoisotopic (exact) mass is 468 g/mol. The molecule has 3 heterocycles. The highest BCUT2D eigenvalue weighted by Gasteiger charge is 2.30. The van der Waals surface area contributed by atoms with E-state index in [1.807, 2.05) is 28.9 Å². The van der Waals surface area contributed by atoms with Gasteiger partial charge in [0.25, 0.3) is 0 Å². The Hall–Kier alpha value is -2.62. The van der Waals surface area contributed by atoms with Gasteiger partial charge in [-0.15, -0.1) is 0 Å². The van der Waals surface area contributed by atoms with Crippen molar-refractivity contribution in [3.63, 3.8) is 0 Å². The topological polar surface area (TPSA) is 87.0 Å². The Morgan fingerprint density at radius 3 is 2.97 bits per heavy atom. The summed E-state index contributed by atoms with van der Waals surface area (Å²) in [5.41, 5.74) is 2.61. The summed E-state index contributed by atoms with van der Waals surface area (Å²) in [5, 5.41) is 9.95. The Balaban J connectivity index is 1.38. The zero-order valence-corrected chi connectivity index (χ0v) is 18.0. The Morgan fingerprint density at radius 1 is 1.20 bits per heavy atom.